The van der Waals surface area contributed by atoms with Gasteiger partial charge in [0.05, 0.1) is 6.20 Å². The normalized spacial score (nSPS) is 16.9. The molecule has 0 unspecified atom stereocenters. The van der Waals surface area contributed by atoms with Crippen molar-refractivity contribution in [2.75, 3.05) is 26.2 Å². The second kappa shape index (κ2) is 5.33. The van der Waals surface area contributed by atoms with E-state index < -0.39 is 0 Å². The minimum atomic E-state index is 0.709. The zero-order valence-corrected chi connectivity index (χ0v) is 10.3. The Morgan fingerprint density at radius 1 is 1.22 bits per heavy atom. The first-order chi connectivity index (χ1) is 8.93. The number of nitrogens with zero attached hydrogens (tertiary/aromatic N) is 2. The second-order valence-electron chi connectivity index (χ2n) is 4.52. The average Bonchev–Trinajstić information content (AvgIpc) is 2.94. The Morgan fingerprint density at radius 2 is 2.06 bits per heavy atom. The summed E-state index contributed by atoms with van der Waals surface area (Å²) >= 11 is 0. The molecule has 1 aromatic heterocycles. The Bertz CT molecular complexity index is 490. The molecule has 2 aromatic rings. The van der Waals surface area contributed by atoms with Gasteiger partial charge in [0.2, 0.25) is 5.89 Å². The van der Waals surface area contributed by atoms with Crippen LogP contribution in [0.2, 0.25) is 0 Å². The molecular weight excluding hydrogens is 226 g/mol. The predicted molar refractivity (Wildman–Crippen MR) is 70.1 cm³/mol. The van der Waals surface area contributed by atoms with Crippen LogP contribution in [0.15, 0.2) is 41.1 Å². The molecule has 18 heavy (non-hydrogen) atoms. The summed E-state index contributed by atoms with van der Waals surface area (Å²) < 4.78 is 5.41. The van der Waals surface area contributed by atoms with E-state index in [4.69, 9.17) is 4.42 Å². The van der Waals surface area contributed by atoms with Gasteiger partial charge in [0.25, 0.3) is 0 Å². The zero-order valence-electron chi connectivity index (χ0n) is 10.3. The van der Waals surface area contributed by atoms with Crippen LogP contribution in [-0.2, 0) is 6.54 Å². The van der Waals surface area contributed by atoms with Crippen molar-refractivity contribution < 1.29 is 4.42 Å². The molecular formula is C14H17N3O. The average molecular weight is 243 g/mol. The van der Waals surface area contributed by atoms with E-state index in [9.17, 15) is 0 Å². The topological polar surface area (TPSA) is 41.3 Å². The molecule has 0 bridgehead atoms. The van der Waals surface area contributed by atoms with Gasteiger partial charge in [-0.1, -0.05) is 18.2 Å². The van der Waals surface area contributed by atoms with E-state index in [1.54, 1.807) is 12.5 Å². The number of hydrogen-bond acceptors (Lipinski definition) is 4. The highest BCUT2D eigenvalue weighted by atomic mass is 16.3. The van der Waals surface area contributed by atoms with Gasteiger partial charge in [0.1, 0.15) is 6.26 Å². The standard InChI is InChI=1S/C14H17N3O/c1-2-4-13(14-16-7-10-18-14)12(3-1)11-17-8-5-15-6-9-17/h1-4,7,10,15H,5-6,8-9,11H2. The van der Waals surface area contributed by atoms with Crippen LogP contribution in [0, 0.1) is 0 Å². The summed E-state index contributed by atoms with van der Waals surface area (Å²) in [7, 11) is 0. The molecule has 4 heteroatoms. The quantitative estimate of drug-likeness (QED) is 0.891. The summed E-state index contributed by atoms with van der Waals surface area (Å²) in [5, 5.41) is 3.37. The van der Waals surface area contributed by atoms with E-state index in [0.29, 0.717) is 5.89 Å². The first-order valence-electron chi connectivity index (χ1n) is 6.34. The summed E-state index contributed by atoms with van der Waals surface area (Å²) in [5.74, 6) is 0.709. The molecule has 1 aromatic carbocycles. The van der Waals surface area contributed by atoms with Crippen LogP contribution < -0.4 is 5.32 Å². The number of aromatic nitrogens is 1. The SMILES string of the molecule is c1ccc(-c2ncco2)c(CN2CCNCC2)c1. The Balaban J connectivity index is 1.83. The summed E-state index contributed by atoms with van der Waals surface area (Å²) in [6.07, 6.45) is 3.31. The van der Waals surface area contributed by atoms with E-state index >= 15 is 0 Å². The van der Waals surface area contributed by atoms with E-state index in [1.165, 1.54) is 5.56 Å². The van der Waals surface area contributed by atoms with E-state index in [-0.39, 0.29) is 0 Å². The third-order valence-corrected chi connectivity index (χ3v) is 3.28. The van der Waals surface area contributed by atoms with Crippen molar-refractivity contribution in [1.82, 2.24) is 15.2 Å². The van der Waals surface area contributed by atoms with Crippen molar-refractivity contribution >= 4 is 0 Å². The van der Waals surface area contributed by atoms with E-state index in [1.807, 2.05) is 6.07 Å². The van der Waals surface area contributed by atoms with Crippen LogP contribution in [0.1, 0.15) is 5.56 Å². The highest BCUT2D eigenvalue weighted by molar-refractivity contribution is 5.58. The fourth-order valence-corrected chi connectivity index (χ4v) is 2.33. The van der Waals surface area contributed by atoms with E-state index in [0.717, 1.165) is 38.3 Å². The fourth-order valence-electron chi connectivity index (χ4n) is 2.33. The summed E-state index contributed by atoms with van der Waals surface area (Å²) in [5.41, 5.74) is 2.38. The molecule has 4 nitrogen and oxygen atoms in total. The van der Waals surface area contributed by atoms with Gasteiger partial charge in [0.15, 0.2) is 0 Å². The molecule has 1 N–H and O–H groups in total. The minimum Gasteiger partial charge on any atom is -0.445 e. The van der Waals surface area contributed by atoms with Crippen molar-refractivity contribution in [2.24, 2.45) is 0 Å². The maximum absolute atomic E-state index is 5.41. The number of hydrogen-bond donors (Lipinski definition) is 1. The molecule has 0 atom stereocenters. The Labute approximate surface area is 107 Å². The second-order valence-corrected chi connectivity index (χ2v) is 4.52. The van der Waals surface area contributed by atoms with Crippen LogP contribution in [-0.4, -0.2) is 36.1 Å². The molecule has 0 aliphatic carbocycles. The highest BCUT2D eigenvalue weighted by Gasteiger charge is 2.14. The first kappa shape index (κ1) is 11.4. The molecule has 1 saturated heterocycles. The number of oxazole rings is 1. The van der Waals surface area contributed by atoms with Gasteiger partial charge < -0.3 is 9.73 Å². The predicted octanol–water partition coefficient (Wildman–Crippen LogP) is 1.75. The van der Waals surface area contributed by atoms with Crippen molar-refractivity contribution in [3.63, 3.8) is 0 Å². The van der Waals surface area contributed by atoms with Crippen LogP contribution in [0.4, 0.5) is 0 Å². The molecule has 0 saturated carbocycles. The number of nitrogens with one attached hydrogen (secondary N) is 1. The highest BCUT2D eigenvalue weighted by Crippen LogP contribution is 2.23. The summed E-state index contributed by atoms with van der Waals surface area (Å²) in [6, 6.07) is 8.33. The number of rotatable bonds is 3. The van der Waals surface area contributed by atoms with Gasteiger partial charge in [0, 0.05) is 38.3 Å². The maximum Gasteiger partial charge on any atom is 0.226 e. The van der Waals surface area contributed by atoms with Crippen molar-refractivity contribution in [3.05, 3.63) is 42.3 Å². The lowest BCUT2D eigenvalue weighted by Crippen LogP contribution is -2.42. The Morgan fingerprint density at radius 3 is 2.83 bits per heavy atom. The monoisotopic (exact) mass is 243 g/mol. The lowest BCUT2D eigenvalue weighted by Gasteiger charge is -2.27. The molecule has 1 aliphatic heterocycles. The van der Waals surface area contributed by atoms with Crippen LogP contribution in [0.5, 0.6) is 0 Å². The third kappa shape index (κ3) is 2.44. The van der Waals surface area contributed by atoms with Crippen molar-refractivity contribution in [3.8, 4) is 11.5 Å². The Hall–Kier alpha value is -1.65. The molecule has 0 radical (unpaired) electrons. The molecule has 2 heterocycles. The van der Waals surface area contributed by atoms with Crippen LogP contribution >= 0.6 is 0 Å². The molecule has 94 valence electrons. The smallest absolute Gasteiger partial charge is 0.226 e. The van der Waals surface area contributed by atoms with Gasteiger partial charge in [-0.05, 0) is 11.6 Å². The lowest BCUT2D eigenvalue weighted by molar-refractivity contribution is 0.233. The lowest BCUT2D eigenvalue weighted by atomic mass is 10.1. The van der Waals surface area contributed by atoms with Gasteiger partial charge in [-0.3, -0.25) is 4.90 Å². The van der Waals surface area contributed by atoms with Crippen molar-refractivity contribution in [2.45, 2.75) is 6.54 Å². The summed E-state index contributed by atoms with van der Waals surface area (Å²) in [4.78, 5) is 6.70. The molecule has 1 aliphatic rings. The largest absolute Gasteiger partial charge is 0.445 e. The van der Waals surface area contributed by atoms with Crippen LogP contribution in [0.25, 0.3) is 11.5 Å². The van der Waals surface area contributed by atoms with Crippen molar-refractivity contribution in [1.29, 1.82) is 0 Å². The Kier molecular flexibility index (Phi) is 3.39. The molecule has 0 amide bonds. The zero-order chi connectivity index (χ0) is 12.2. The fraction of sp³-hybridized carbons (Fsp3) is 0.357. The summed E-state index contributed by atoms with van der Waals surface area (Å²) in [6.45, 7) is 5.29. The molecule has 0 spiro atoms. The van der Waals surface area contributed by atoms with Gasteiger partial charge >= 0.3 is 0 Å². The molecule has 3 rings (SSSR count). The minimum absolute atomic E-state index is 0.709. The van der Waals surface area contributed by atoms with Gasteiger partial charge in [-0.25, -0.2) is 4.98 Å². The van der Waals surface area contributed by atoms with Gasteiger partial charge in [-0.15, -0.1) is 0 Å². The number of benzene rings is 1. The number of piperazine rings is 1. The third-order valence-electron chi connectivity index (χ3n) is 3.28. The van der Waals surface area contributed by atoms with Crippen LogP contribution in [0.3, 0.4) is 0 Å². The maximum atomic E-state index is 5.41. The molecule has 1 fully saturated rings. The van der Waals surface area contributed by atoms with E-state index in [2.05, 4.69) is 33.4 Å². The first-order valence-corrected chi connectivity index (χ1v) is 6.34. The van der Waals surface area contributed by atoms with Gasteiger partial charge in [-0.2, -0.15) is 0 Å².